The van der Waals surface area contributed by atoms with Crippen molar-refractivity contribution in [1.29, 1.82) is 0 Å². The smallest absolute Gasteiger partial charge is 0.326 e. The van der Waals surface area contributed by atoms with Crippen LogP contribution in [0.15, 0.2) is 0 Å². The van der Waals surface area contributed by atoms with Crippen LogP contribution in [0.2, 0.25) is 0 Å². The van der Waals surface area contributed by atoms with Crippen molar-refractivity contribution in [2.24, 2.45) is 11.3 Å². The van der Waals surface area contributed by atoms with E-state index in [0.29, 0.717) is 6.42 Å². The van der Waals surface area contributed by atoms with Crippen LogP contribution >= 0.6 is 0 Å². The molecule has 0 saturated heterocycles. The zero-order valence-corrected chi connectivity index (χ0v) is 13.9. The summed E-state index contributed by atoms with van der Waals surface area (Å²) in [5.41, 5.74) is -2.16. The summed E-state index contributed by atoms with van der Waals surface area (Å²) < 4.78 is 5.20. The zero-order valence-electron chi connectivity index (χ0n) is 13.9. The Balaban J connectivity index is 4.96. The number of carboxylic acid groups (broad SMARTS) is 1. The van der Waals surface area contributed by atoms with E-state index in [0.717, 1.165) is 0 Å². The second-order valence-corrected chi connectivity index (χ2v) is 7.12. The summed E-state index contributed by atoms with van der Waals surface area (Å²) >= 11 is 0. The summed E-state index contributed by atoms with van der Waals surface area (Å²) in [5.74, 6) is -2.33. The predicted octanol–water partition coefficient (Wildman–Crippen LogP) is 1.97. The van der Waals surface area contributed by atoms with Crippen molar-refractivity contribution in [3.8, 4) is 0 Å². The third kappa shape index (κ3) is 6.60. The molecule has 0 aliphatic rings. The molecule has 21 heavy (non-hydrogen) atoms. The molecule has 6 nitrogen and oxygen atoms in total. The Kier molecular flexibility index (Phi) is 6.39. The van der Waals surface area contributed by atoms with Crippen LogP contribution in [0.1, 0.15) is 54.9 Å². The highest BCUT2D eigenvalue weighted by molar-refractivity contribution is 6.03. The van der Waals surface area contributed by atoms with Gasteiger partial charge in [-0.05, 0) is 47.0 Å². The van der Waals surface area contributed by atoms with E-state index in [2.05, 4.69) is 5.32 Å². The molecule has 2 N–H and O–H groups in total. The van der Waals surface area contributed by atoms with Gasteiger partial charge in [-0.25, -0.2) is 4.79 Å². The van der Waals surface area contributed by atoms with Crippen LogP contribution in [0.5, 0.6) is 0 Å². The Bertz CT molecular complexity index is 407. The van der Waals surface area contributed by atoms with Crippen LogP contribution in [0.25, 0.3) is 0 Å². The first kappa shape index (κ1) is 19.4. The molecule has 0 radical (unpaired) electrons. The minimum absolute atomic E-state index is 0.107. The Morgan fingerprint density at radius 3 is 1.90 bits per heavy atom. The van der Waals surface area contributed by atoms with Gasteiger partial charge in [-0.15, -0.1) is 0 Å². The fourth-order valence-corrected chi connectivity index (χ4v) is 1.53. The third-order valence-corrected chi connectivity index (χ3v) is 2.79. The maximum Gasteiger partial charge on any atom is 0.326 e. The average molecular weight is 301 g/mol. The molecule has 0 unspecified atom stereocenters. The van der Waals surface area contributed by atoms with Crippen LogP contribution < -0.4 is 5.32 Å². The molecule has 0 aromatic heterocycles. The molecule has 0 spiro atoms. The summed E-state index contributed by atoms with van der Waals surface area (Å²) in [6, 6.07) is -1.01. The van der Waals surface area contributed by atoms with Gasteiger partial charge in [0.1, 0.15) is 17.1 Å². The molecular formula is C15H27NO5. The highest BCUT2D eigenvalue weighted by atomic mass is 16.6. The fourth-order valence-electron chi connectivity index (χ4n) is 1.53. The number of carbonyl (C=O) groups excluding carboxylic acids is 2. The number of rotatable bonds is 6. The summed E-state index contributed by atoms with van der Waals surface area (Å²) in [7, 11) is 0. The number of hydrogen-bond donors (Lipinski definition) is 2. The molecule has 0 bridgehead atoms. The second-order valence-electron chi connectivity index (χ2n) is 7.12. The topological polar surface area (TPSA) is 92.7 Å². The molecule has 0 aromatic rings. The van der Waals surface area contributed by atoms with E-state index >= 15 is 0 Å². The van der Waals surface area contributed by atoms with Gasteiger partial charge < -0.3 is 15.2 Å². The highest BCUT2D eigenvalue weighted by Crippen LogP contribution is 2.22. The van der Waals surface area contributed by atoms with E-state index < -0.39 is 34.9 Å². The number of hydrogen-bond acceptors (Lipinski definition) is 4. The number of amides is 1. The van der Waals surface area contributed by atoms with Crippen LogP contribution in [0.3, 0.4) is 0 Å². The van der Waals surface area contributed by atoms with E-state index in [9.17, 15) is 14.4 Å². The lowest BCUT2D eigenvalue weighted by Crippen LogP contribution is -2.51. The molecule has 1 atom stereocenters. The van der Waals surface area contributed by atoms with Gasteiger partial charge in [0, 0.05) is 0 Å². The minimum Gasteiger partial charge on any atom is -0.480 e. The predicted molar refractivity (Wildman–Crippen MR) is 78.6 cm³/mol. The number of ether oxygens (including phenoxy) is 1. The first-order valence-electron chi connectivity index (χ1n) is 7.04. The Morgan fingerprint density at radius 1 is 1.10 bits per heavy atom. The molecule has 0 fully saturated rings. The monoisotopic (exact) mass is 301 g/mol. The van der Waals surface area contributed by atoms with E-state index in [1.165, 1.54) is 13.8 Å². The van der Waals surface area contributed by atoms with Crippen LogP contribution in [0, 0.1) is 11.3 Å². The maximum absolute atomic E-state index is 12.2. The van der Waals surface area contributed by atoms with Crippen molar-refractivity contribution < 1.29 is 24.2 Å². The number of esters is 1. The lowest BCUT2D eigenvalue weighted by molar-refractivity contribution is -0.169. The maximum atomic E-state index is 12.2. The average Bonchev–Trinajstić information content (AvgIpc) is 2.24. The van der Waals surface area contributed by atoms with E-state index in [1.807, 2.05) is 13.8 Å². The van der Waals surface area contributed by atoms with Crippen molar-refractivity contribution in [3.05, 3.63) is 0 Å². The van der Waals surface area contributed by atoms with Crippen molar-refractivity contribution >= 4 is 17.8 Å². The summed E-state index contributed by atoms with van der Waals surface area (Å²) in [5, 5.41) is 11.5. The molecule has 1 amide bonds. The third-order valence-electron chi connectivity index (χ3n) is 2.79. The van der Waals surface area contributed by atoms with Crippen molar-refractivity contribution in [2.45, 2.75) is 66.5 Å². The largest absolute Gasteiger partial charge is 0.480 e. The van der Waals surface area contributed by atoms with E-state index in [1.54, 1.807) is 20.8 Å². The lowest BCUT2D eigenvalue weighted by atomic mass is 9.91. The summed E-state index contributed by atoms with van der Waals surface area (Å²) in [4.78, 5) is 35.4. The quantitative estimate of drug-likeness (QED) is 0.578. The molecule has 0 heterocycles. The van der Waals surface area contributed by atoms with Gasteiger partial charge in [0.25, 0.3) is 0 Å². The van der Waals surface area contributed by atoms with Crippen LogP contribution in [-0.4, -0.2) is 34.6 Å². The molecule has 0 aliphatic heterocycles. The molecule has 0 saturated carbocycles. The van der Waals surface area contributed by atoms with Gasteiger partial charge in [0.05, 0.1) is 0 Å². The minimum atomic E-state index is -1.45. The van der Waals surface area contributed by atoms with Gasteiger partial charge in [0.15, 0.2) is 0 Å². The van der Waals surface area contributed by atoms with Crippen molar-refractivity contribution in [2.75, 3.05) is 0 Å². The van der Waals surface area contributed by atoms with Crippen LogP contribution in [0.4, 0.5) is 0 Å². The van der Waals surface area contributed by atoms with Gasteiger partial charge in [0.2, 0.25) is 5.91 Å². The Labute approximate surface area is 126 Å². The van der Waals surface area contributed by atoms with Crippen molar-refractivity contribution in [1.82, 2.24) is 5.32 Å². The Hall–Kier alpha value is -1.59. The summed E-state index contributed by atoms with van der Waals surface area (Å²) in [6.07, 6.45) is 0.297. The number of carbonyl (C=O) groups is 3. The van der Waals surface area contributed by atoms with Gasteiger partial charge in [-0.1, -0.05) is 13.8 Å². The second kappa shape index (κ2) is 6.91. The van der Waals surface area contributed by atoms with Gasteiger partial charge >= 0.3 is 11.9 Å². The standard InChI is InChI=1S/C15H27NO5/c1-9(2)8-10(11(17)18)16-12(19)15(6,7)13(20)21-14(3,4)5/h9-10H,8H2,1-7H3,(H,16,19)(H,17,18)/t10-/m1/s1. The zero-order chi connectivity index (χ0) is 17.0. The van der Waals surface area contributed by atoms with Gasteiger partial charge in [-0.2, -0.15) is 0 Å². The first-order chi connectivity index (χ1) is 9.27. The number of aliphatic carboxylic acids is 1. The number of nitrogens with one attached hydrogen (secondary N) is 1. The van der Waals surface area contributed by atoms with Crippen molar-refractivity contribution in [3.63, 3.8) is 0 Å². The molecule has 0 aromatic carbocycles. The molecule has 0 rings (SSSR count). The SMILES string of the molecule is CC(C)C[C@@H](NC(=O)C(C)(C)C(=O)OC(C)(C)C)C(=O)O. The molecule has 122 valence electrons. The summed E-state index contributed by atoms with van der Waals surface area (Å²) in [6.45, 7) is 11.7. The van der Waals surface area contributed by atoms with E-state index in [-0.39, 0.29) is 5.92 Å². The molecule has 6 heteroatoms. The highest BCUT2D eigenvalue weighted by Gasteiger charge is 2.41. The van der Waals surface area contributed by atoms with E-state index in [4.69, 9.17) is 9.84 Å². The molecule has 0 aliphatic carbocycles. The first-order valence-corrected chi connectivity index (χ1v) is 7.04. The molecular weight excluding hydrogens is 274 g/mol. The number of carboxylic acids is 1. The Morgan fingerprint density at radius 2 is 1.57 bits per heavy atom. The van der Waals surface area contributed by atoms with Gasteiger partial charge in [-0.3, -0.25) is 9.59 Å². The normalized spacial score (nSPS) is 13.7. The van der Waals surface area contributed by atoms with Crippen LogP contribution in [-0.2, 0) is 19.1 Å². The lowest BCUT2D eigenvalue weighted by Gasteiger charge is -2.28. The fraction of sp³-hybridized carbons (Fsp3) is 0.800.